The Labute approximate surface area is 131 Å². The molecule has 0 bridgehead atoms. The van der Waals surface area contributed by atoms with Gasteiger partial charge in [-0.1, -0.05) is 0 Å². The first-order valence-corrected chi connectivity index (χ1v) is 7.89. The van der Waals surface area contributed by atoms with Gasteiger partial charge in [0.25, 0.3) is 5.91 Å². The van der Waals surface area contributed by atoms with Crippen LogP contribution in [0.4, 0.5) is 0 Å². The van der Waals surface area contributed by atoms with Crippen molar-refractivity contribution >= 4 is 23.2 Å². The Bertz CT molecular complexity index is 709. The number of carbonyl (C=O) groups excluding carboxylic acids is 1. The molecule has 8 heteroatoms. The van der Waals surface area contributed by atoms with Gasteiger partial charge in [-0.25, -0.2) is 4.98 Å². The summed E-state index contributed by atoms with van der Waals surface area (Å²) < 4.78 is 1.68. The number of carbonyl (C=O) groups is 2. The van der Waals surface area contributed by atoms with E-state index in [4.69, 9.17) is 5.11 Å². The maximum Gasteiger partial charge on any atom is 0.308 e. The Balaban J connectivity index is 1.75. The zero-order valence-electron chi connectivity index (χ0n) is 12.1. The summed E-state index contributed by atoms with van der Waals surface area (Å²) >= 11 is 1.39. The highest BCUT2D eigenvalue weighted by Crippen LogP contribution is 2.25. The van der Waals surface area contributed by atoms with E-state index in [0.29, 0.717) is 25.1 Å². The fourth-order valence-electron chi connectivity index (χ4n) is 2.56. The van der Waals surface area contributed by atoms with Gasteiger partial charge in [0.1, 0.15) is 10.7 Å². The number of thiazole rings is 1. The average molecular weight is 320 g/mol. The molecule has 2 aromatic heterocycles. The molecule has 1 aliphatic heterocycles. The number of aromatic nitrogens is 3. The lowest BCUT2D eigenvalue weighted by molar-refractivity contribution is -0.143. The van der Waals surface area contributed by atoms with Gasteiger partial charge in [0.05, 0.1) is 12.1 Å². The predicted molar refractivity (Wildman–Crippen MR) is 80.6 cm³/mol. The van der Waals surface area contributed by atoms with Crippen molar-refractivity contribution in [3.63, 3.8) is 0 Å². The Hall–Kier alpha value is -2.22. The Kier molecular flexibility index (Phi) is 3.93. The van der Waals surface area contributed by atoms with Gasteiger partial charge in [-0.3, -0.25) is 14.3 Å². The van der Waals surface area contributed by atoms with E-state index >= 15 is 0 Å². The molecule has 1 atom stereocenters. The largest absolute Gasteiger partial charge is 0.481 e. The number of hydrogen-bond donors (Lipinski definition) is 1. The van der Waals surface area contributed by atoms with Gasteiger partial charge in [-0.05, 0) is 12.8 Å². The van der Waals surface area contributed by atoms with Crippen molar-refractivity contribution in [1.82, 2.24) is 19.7 Å². The SMILES string of the molecule is Cn1cc(-c2nc(C(=O)N3CCCC(C(=O)O)C3)cs2)cn1. The molecule has 7 nitrogen and oxygen atoms in total. The topological polar surface area (TPSA) is 88.3 Å². The van der Waals surface area contributed by atoms with E-state index in [1.165, 1.54) is 11.3 Å². The summed E-state index contributed by atoms with van der Waals surface area (Å²) in [5.74, 6) is -1.52. The Morgan fingerprint density at radius 1 is 1.45 bits per heavy atom. The maximum absolute atomic E-state index is 12.5. The first-order valence-electron chi connectivity index (χ1n) is 7.01. The van der Waals surface area contributed by atoms with E-state index < -0.39 is 11.9 Å². The summed E-state index contributed by atoms with van der Waals surface area (Å²) in [5.41, 5.74) is 1.24. The number of carboxylic acids is 1. The quantitative estimate of drug-likeness (QED) is 0.925. The molecule has 0 spiro atoms. The molecule has 0 radical (unpaired) electrons. The molecule has 116 valence electrons. The second-order valence-electron chi connectivity index (χ2n) is 5.37. The van der Waals surface area contributed by atoms with Crippen molar-refractivity contribution < 1.29 is 14.7 Å². The highest BCUT2D eigenvalue weighted by atomic mass is 32.1. The molecule has 0 saturated carbocycles. The third kappa shape index (κ3) is 2.87. The van der Waals surface area contributed by atoms with Crippen LogP contribution < -0.4 is 0 Å². The maximum atomic E-state index is 12.5. The second-order valence-corrected chi connectivity index (χ2v) is 6.23. The van der Waals surface area contributed by atoms with Crippen molar-refractivity contribution in [2.45, 2.75) is 12.8 Å². The number of likely N-dealkylation sites (tertiary alicyclic amines) is 1. The van der Waals surface area contributed by atoms with Gasteiger partial charge >= 0.3 is 5.97 Å². The van der Waals surface area contributed by atoms with Crippen LogP contribution in [0.1, 0.15) is 23.3 Å². The lowest BCUT2D eigenvalue weighted by Crippen LogP contribution is -2.42. The average Bonchev–Trinajstić information content (AvgIpc) is 3.15. The van der Waals surface area contributed by atoms with Crippen LogP contribution >= 0.6 is 11.3 Å². The standard InChI is InChI=1S/C14H16N4O3S/c1-17-6-10(5-15-17)12-16-11(8-22-12)13(19)18-4-2-3-9(7-18)14(20)21/h5-6,8-9H,2-4,7H2,1H3,(H,20,21). The minimum Gasteiger partial charge on any atom is -0.481 e. The zero-order chi connectivity index (χ0) is 15.7. The third-order valence-corrected chi connectivity index (χ3v) is 4.62. The van der Waals surface area contributed by atoms with Crippen molar-refractivity contribution in [1.29, 1.82) is 0 Å². The highest BCUT2D eigenvalue weighted by molar-refractivity contribution is 7.13. The summed E-state index contributed by atoms with van der Waals surface area (Å²) in [6, 6.07) is 0. The van der Waals surface area contributed by atoms with Crippen LogP contribution in [0, 0.1) is 5.92 Å². The van der Waals surface area contributed by atoms with Crippen molar-refractivity contribution in [3.05, 3.63) is 23.5 Å². The number of nitrogens with zero attached hydrogens (tertiary/aromatic N) is 4. The Morgan fingerprint density at radius 3 is 2.95 bits per heavy atom. The van der Waals surface area contributed by atoms with E-state index in [1.807, 2.05) is 13.2 Å². The molecule has 1 unspecified atom stereocenters. The molecule has 1 saturated heterocycles. The van der Waals surface area contributed by atoms with Crippen LogP contribution in [-0.2, 0) is 11.8 Å². The molecule has 2 aromatic rings. The number of hydrogen-bond acceptors (Lipinski definition) is 5. The normalized spacial score (nSPS) is 18.4. The van der Waals surface area contributed by atoms with Crippen LogP contribution in [0.5, 0.6) is 0 Å². The molecular weight excluding hydrogens is 304 g/mol. The minimum absolute atomic E-state index is 0.197. The number of aryl methyl sites for hydroxylation is 1. The summed E-state index contributed by atoms with van der Waals surface area (Å²) in [5, 5.41) is 15.6. The van der Waals surface area contributed by atoms with Crippen LogP contribution in [0.2, 0.25) is 0 Å². The van der Waals surface area contributed by atoms with Crippen molar-refractivity contribution in [2.24, 2.45) is 13.0 Å². The molecular formula is C14H16N4O3S. The van der Waals surface area contributed by atoms with E-state index in [0.717, 1.165) is 10.6 Å². The molecule has 0 aliphatic carbocycles. The first-order chi connectivity index (χ1) is 10.5. The molecule has 3 rings (SSSR count). The summed E-state index contributed by atoms with van der Waals surface area (Å²) in [6.07, 6.45) is 4.88. The van der Waals surface area contributed by atoms with Crippen LogP contribution in [0.15, 0.2) is 17.8 Å². The van der Waals surface area contributed by atoms with Crippen molar-refractivity contribution in [2.75, 3.05) is 13.1 Å². The lowest BCUT2D eigenvalue weighted by Gasteiger charge is -2.30. The number of carboxylic acid groups (broad SMARTS) is 1. The fraction of sp³-hybridized carbons (Fsp3) is 0.429. The summed E-state index contributed by atoms with van der Waals surface area (Å²) in [4.78, 5) is 29.5. The second kappa shape index (κ2) is 5.88. The van der Waals surface area contributed by atoms with Gasteiger partial charge in [-0.2, -0.15) is 5.10 Å². The summed E-state index contributed by atoms with van der Waals surface area (Å²) in [7, 11) is 1.82. The predicted octanol–water partition coefficient (Wildman–Crippen LogP) is 1.48. The van der Waals surface area contributed by atoms with E-state index in [9.17, 15) is 9.59 Å². The lowest BCUT2D eigenvalue weighted by atomic mass is 9.98. The van der Waals surface area contributed by atoms with Gasteiger partial charge < -0.3 is 10.0 Å². The molecule has 1 N–H and O–H groups in total. The Morgan fingerprint density at radius 2 is 2.27 bits per heavy atom. The number of piperidine rings is 1. The molecule has 3 heterocycles. The monoisotopic (exact) mass is 320 g/mol. The zero-order valence-corrected chi connectivity index (χ0v) is 12.9. The van der Waals surface area contributed by atoms with Gasteiger partial charge in [0.2, 0.25) is 0 Å². The number of aliphatic carboxylic acids is 1. The van der Waals surface area contributed by atoms with Crippen molar-refractivity contribution in [3.8, 4) is 10.6 Å². The molecule has 1 aliphatic rings. The molecule has 22 heavy (non-hydrogen) atoms. The number of rotatable bonds is 3. The fourth-order valence-corrected chi connectivity index (χ4v) is 3.33. The van der Waals surface area contributed by atoms with E-state index in [2.05, 4.69) is 10.1 Å². The highest BCUT2D eigenvalue weighted by Gasteiger charge is 2.29. The van der Waals surface area contributed by atoms with Crippen LogP contribution in [0.3, 0.4) is 0 Å². The smallest absolute Gasteiger partial charge is 0.308 e. The van der Waals surface area contributed by atoms with Crippen LogP contribution in [0.25, 0.3) is 10.6 Å². The molecule has 1 amide bonds. The van der Waals surface area contributed by atoms with Gasteiger partial charge in [-0.15, -0.1) is 11.3 Å². The van der Waals surface area contributed by atoms with E-state index in [-0.39, 0.29) is 12.5 Å². The first kappa shape index (κ1) is 14.7. The van der Waals surface area contributed by atoms with Gasteiger partial charge in [0, 0.05) is 37.3 Å². The van der Waals surface area contributed by atoms with E-state index in [1.54, 1.807) is 21.2 Å². The van der Waals surface area contributed by atoms with Crippen LogP contribution in [-0.4, -0.2) is 49.7 Å². The van der Waals surface area contributed by atoms with Gasteiger partial charge in [0.15, 0.2) is 0 Å². The number of amides is 1. The molecule has 1 fully saturated rings. The minimum atomic E-state index is -0.841. The summed E-state index contributed by atoms with van der Waals surface area (Å²) in [6.45, 7) is 0.844. The molecule has 0 aromatic carbocycles. The third-order valence-electron chi connectivity index (χ3n) is 3.73.